The molecule has 0 saturated carbocycles. The summed E-state index contributed by atoms with van der Waals surface area (Å²) in [5.41, 5.74) is 2.86. The summed E-state index contributed by atoms with van der Waals surface area (Å²) >= 11 is 14.0. The predicted octanol–water partition coefficient (Wildman–Crippen LogP) is 8.88. The van der Waals surface area contributed by atoms with Crippen LogP contribution in [0.2, 0.25) is 10.0 Å². The van der Waals surface area contributed by atoms with E-state index in [4.69, 9.17) is 23.2 Å². The number of hydrogen-bond donors (Lipinski definition) is 3. The second-order valence-electron chi connectivity index (χ2n) is 9.76. The quantitative estimate of drug-likeness (QED) is 0.104. The van der Waals surface area contributed by atoms with Gasteiger partial charge < -0.3 is 16.0 Å². The SMILES string of the molecule is O=C(Nc1ccc(SC(C(=O)Nc2ccccc2Cl)c2ccccc2)cc1)/C(=C/c1ccccc1Cl)NC(=O)c1ccccc1. The number of thioether (sulfide) groups is 1. The summed E-state index contributed by atoms with van der Waals surface area (Å²) in [6.45, 7) is 0. The van der Waals surface area contributed by atoms with Gasteiger partial charge in [0.1, 0.15) is 10.9 Å². The maximum Gasteiger partial charge on any atom is 0.272 e. The third-order valence-electron chi connectivity index (χ3n) is 6.57. The van der Waals surface area contributed by atoms with Crippen molar-refractivity contribution in [3.63, 3.8) is 0 Å². The largest absolute Gasteiger partial charge is 0.323 e. The molecule has 5 aromatic rings. The number of rotatable bonds is 10. The molecule has 224 valence electrons. The van der Waals surface area contributed by atoms with Crippen LogP contribution in [-0.4, -0.2) is 17.7 Å². The fourth-order valence-electron chi connectivity index (χ4n) is 4.30. The van der Waals surface area contributed by atoms with Crippen molar-refractivity contribution in [2.45, 2.75) is 10.1 Å². The molecule has 0 aliphatic rings. The van der Waals surface area contributed by atoms with Crippen LogP contribution in [0.3, 0.4) is 0 Å². The van der Waals surface area contributed by atoms with Crippen molar-refractivity contribution in [1.82, 2.24) is 5.32 Å². The lowest BCUT2D eigenvalue weighted by atomic mass is 10.1. The van der Waals surface area contributed by atoms with Crippen molar-refractivity contribution < 1.29 is 14.4 Å². The zero-order valence-corrected chi connectivity index (χ0v) is 26.1. The Hall–Kier alpha value is -4.82. The third-order valence-corrected chi connectivity index (χ3v) is 8.51. The van der Waals surface area contributed by atoms with E-state index in [2.05, 4.69) is 16.0 Å². The van der Waals surface area contributed by atoms with Crippen LogP contribution in [0.5, 0.6) is 0 Å². The van der Waals surface area contributed by atoms with Gasteiger partial charge in [-0.15, -0.1) is 11.8 Å². The molecule has 5 aromatic carbocycles. The Bertz CT molecular complexity index is 1830. The molecule has 0 bridgehead atoms. The van der Waals surface area contributed by atoms with E-state index in [1.165, 1.54) is 17.8 Å². The average Bonchev–Trinajstić information content (AvgIpc) is 3.06. The maximum atomic E-state index is 13.4. The molecule has 5 rings (SSSR count). The lowest BCUT2D eigenvalue weighted by molar-refractivity contribution is -0.116. The molecule has 6 nitrogen and oxygen atoms in total. The minimum absolute atomic E-state index is 0.0239. The molecule has 3 N–H and O–H groups in total. The summed E-state index contributed by atoms with van der Waals surface area (Å²) in [5.74, 6) is -1.18. The molecule has 45 heavy (non-hydrogen) atoms. The van der Waals surface area contributed by atoms with E-state index in [1.807, 2.05) is 42.5 Å². The van der Waals surface area contributed by atoms with Crippen LogP contribution >= 0.6 is 35.0 Å². The molecule has 1 atom stereocenters. The minimum Gasteiger partial charge on any atom is -0.323 e. The van der Waals surface area contributed by atoms with Gasteiger partial charge in [-0.3, -0.25) is 14.4 Å². The van der Waals surface area contributed by atoms with Gasteiger partial charge in [0.25, 0.3) is 11.8 Å². The monoisotopic (exact) mass is 651 g/mol. The Balaban J connectivity index is 1.33. The number of benzene rings is 5. The van der Waals surface area contributed by atoms with Gasteiger partial charge in [-0.2, -0.15) is 0 Å². The first-order valence-corrected chi connectivity index (χ1v) is 15.5. The number of carbonyl (C=O) groups excluding carboxylic acids is 3. The smallest absolute Gasteiger partial charge is 0.272 e. The van der Waals surface area contributed by atoms with E-state index in [0.29, 0.717) is 32.5 Å². The van der Waals surface area contributed by atoms with Crippen LogP contribution < -0.4 is 16.0 Å². The standard InChI is InChI=1S/C36H27Cl2N3O3S/c37-29-16-8-7-15-26(29)23-32(41-34(42)25-13-5-2-6-14-25)35(43)39-27-19-21-28(22-20-27)45-33(24-11-3-1-4-12-24)36(44)40-31-18-10-9-17-30(31)38/h1-23,33H,(H,39,43)(H,40,44)(H,41,42)/b32-23-. The summed E-state index contributed by atoms with van der Waals surface area (Å²) in [5, 5.41) is 8.81. The highest BCUT2D eigenvalue weighted by molar-refractivity contribution is 8.00. The average molecular weight is 653 g/mol. The van der Waals surface area contributed by atoms with Crippen molar-refractivity contribution in [2.75, 3.05) is 10.6 Å². The molecular formula is C36H27Cl2N3O3S. The molecule has 1 unspecified atom stereocenters. The molecule has 0 saturated heterocycles. The number of hydrogen-bond acceptors (Lipinski definition) is 4. The zero-order valence-electron chi connectivity index (χ0n) is 23.7. The summed E-state index contributed by atoms with van der Waals surface area (Å²) < 4.78 is 0. The highest BCUT2D eigenvalue weighted by atomic mass is 35.5. The van der Waals surface area contributed by atoms with E-state index in [1.54, 1.807) is 91.0 Å². The van der Waals surface area contributed by atoms with E-state index < -0.39 is 17.1 Å². The Labute approximate surface area is 275 Å². The van der Waals surface area contributed by atoms with Gasteiger partial charge in [-0.05, 0) is 71.8 Å². The number of nitrogens with one attached hydrogen (secondary N) is 3. The Morgan fingerprint density at radius 1 is 0.644 bits per heavy atom. The lowest BCUT2D eigenvalue weighted by Gasteiger charge is -2.18. The Morgan fingerprint density at radius 3 is 1.91 bits per heavy atom. The molecule has 0 aliphatic heterocycles. The van der Waals surface area contributed by atoms with Crippen LogP contribution in [0.1, 0.15) is 26.7 Å². The third kappa shape index (κ3) is 8.64. The number of carbonyl (C=O) groups is 3. The predicted molar refractivity (Wildman–Crippen MR) is 184 cm³/mol. The summed E-state index contributed by atoms with van der Waals surface area (Å²) in [6.07, 6.45) is 1.53. The van der Waals surface area contributed by atoms with Gasteiger partial charge in [0.15, 0.2) is 0 Å². The molecule has 0 aromatic heterocycles. The van der Waals surface area contributed by atoms with E-state index in [-0.39, 0.29) is 11.6 Å². The molecule has 0 heterocycles. The second-order valence-corrected chi connectivity index (χ2v) is 11.7. The number of anilines is 2. The van der Waals surface area contributed by atoms with Crippen LogP contribution in [-0.2, 0) is 9.59 Å². The molecule has 0 aliphatic carbocycles. The molecule has 0 radical (unpaired) electrons. The van der Waals surface area contributed by atoms with Gasteiger partial charge in [0.05, 0.1) is 10.7 Å². The topological polar surface area (TPSA) is 87.3 Å². The Kier molecular flexibility index (Phi) is 10.7. The fraction of sp³-hybridized carbons (Fsp3) is 0.0278. The highest BCUT2D eigenvalue weighted by Gasteiger charge is 2.23. The first-order valence-electron chi connectivity index (χ1n) is 13.9. The second kappa shape index (κ2) is 15.3. The van der Waals surface area contributed by atoms with E-state index >= 15 is 0 Å². The Morgan fingerprint density at radius 2 is 1.24 bits per heavy atom. The molecule has 3 amide bonds. The first-order chi connectivity index (χ1) is 21.9. The van der Waals surface area contributed by atoms with Gasteiger partial charge >= 0.3 is 0 Å². The van der Waals surface area contributed by atoms with Crippen LogP contribution in [0, 0.1) is 0 Å². The van der Waals surface area contributed by atoms with Gasteiger partial charge in [0.2, 0.25) is 5.91 Å². The first kappa shape index (κ1) is 31.6. The summed E-state index contributed by atoms with van der Waals surface area (Å²) in [4.78, 5) is 40.6. The van der Waals surface area contributed by atoms with E-state index in [0.717, 1.165) is 10.5 Å². The maximum absolute atomic E-state index is 13.4. The molecule has 0 fully saturated rings. The van der Waals surface area contributed by atoms with Gasteiger partial charge in [0, 0.05) is 21.2 Å². The minimum atomic E-state index is -0.568. The number of halogens is 2. The van der Waals surface area contributed by atoms with Crippen LogP contribution in [0.25, 0.3) is 6.08 Å². The van der Waals surface area contributed by atoms with Gasteiger partial charge in [-0.1, -0.05) is 102 Å². The van der Waals surface area contributed by atoms with Gasteiger partial charge in [-0.25, -0.2) is 0 Å². The van der Waals surface area contributed by atoms with Crippen molar-refractivity contribution >= 4 is 70.1 Å². The number of amides is 3. The fourth-order valence-corrected chi connectivity index (χ4v) is 5.70. The molecule has 9 heteroatoms. The van der Waals surface area contributed by atoms with Crippen LogP contribution in [0.4, 0.5) is 11.4 Å². The summed E-state index contributed by atoms with van der Waals surface area (Å²) in [6, 6.07) is 39.3. The van der Waals surface area contributed by atoms with Crippen molar-refractivity contribution in [3.05, 3.63) is 166 Å². The van der Waals surface area contributed by atoms with Crippen molar-refractivity contribution in [1.29, 1.82) is 0 Å². The van der Waals surface area contributed by atoms with E-state index in [9.17, 15) is 14.4 Å². The highest BCUT2D eigenvalue weighted by Crippen LogP contribution is 2.37. The number of para-hydroxylation sites is 1. The molecular weight excluding hydrogens is 625 g/mol. The summed E-state index contributed by atoms with van der Waals surface area (Å²) in [7, 11) is 0. The van der Waals surface area contributed by atoms with Crippen LogP contribution in [0.15, 0.2) is 144 Å². The van der Waals surface area contributed by atoms with Crippen molar-refractivity contribution in [2.24, 2.45) is 0 Å². The zero-order chi connectivity index (χ0) is 31.6. The lowest BCUT2D eigenvalue weighted by Crippen LogP contribution is -2.30. The van der Waals surface area contributed by atoms with Crippen molar-refractivity contribution in [3.8, 4) is 0 Å². The molecule has 0 spiro atoms. The normalized spacial score (nSPS) is 11.7.